The van der Waals surface area contributed by atoms with Gasteiger partial charge in [0.2, 0.25) is 0 Å². The standard InChI is InChI=1S/C15H13N3/c1-2-8-17-14(3-1)15-5-4-13(11-18-15)12-6-9-16-10-7-12/h1-9,11,16H,10H2. The minimum atomic E-state index is 0.869. The molecule has 3 rings (SSSR count). The first-order valence-electron chi connectivity index (χ1n) is 5.91. The third-order valence-electron chi connectivity index (χ3n) is 2.84. The second-order valence-corrected chi connectivity index (χ2v) is 4.05. The zero-order valence-electron chi connectivity index (χ0n) is 9.88. The average molecular weight is 235 g/mol. The lowest BCUT2D eigenvalue weighted by atomic mass is 10.1. The number of hydrogen-bond donors (Lipinski definition) is 1. The fraction of sp³-hybridized carbons (Fsp3) is 0.0667. The normalized spacial score (nSPS) is 13.9. The number of nitrogens with zero attached hydrogens (tertiary/aromatic N) is 2. The Kier molecular flexibility index (Phi) is 2.88. The largest absolute Gasteiger partial charge is 0.387 e. The lowest BCUT2D eigenvalue weighted by Crippen LogP contribution is -2.08. The Morgan fingerprint density at radius 3 is 2.61 bits per heavy atom. The third-order valence-corrected chi connectivity index (χ3v) is 2.84. The van der Waals surface area contributed by atoms with Crippen LogP contribution in [0, 0.1) is 0 Å². The number of dihydropyridines is 1. The molecule has 0 amide bonds. The highest BCUT2D eigenvalue weighted by molar-refractivity contribution is 5.75. The Labute approximate surface area is 106 Å². The van der Waals surface area contributed by atoms with Crippen LogP contribution in [0.3, 0.4) is 0 Å². The summed E-state index contributed by atoms with van der Waals surface area (Å²) >= 11 is 0. The van der Waals surface area contributed by atoms with Crippen LogP contribution in [-0.4, -0.2) is 16.5 Å². The highest BCUT2D eigenvalue weighted by Gasteiger charge is 2.03. The van der Waals surface area contributed by atoms with Gasteiger partial charge in [-0.3, -0.25) is 9.97 Å². The number of allylic oxidation sites excluding steroid dienone is 2. The second kappa shape index (κ2) is 4.84. The third kappa shape index (κ3) is 2.15. The van der Waals surface area contributed by atoms with Crippen molar-refractivity contribution in [1.82, 2.24) is 15.3 Å². The molecule has 2 aromatic heterocycles. The molecule has 1 N–H and O–H groups in total. The van der Waals surface area contributed by atoms with Crippen LogP contribution < -0.4 is 5.32 Å². The summed E-state index contributed by atoms with van der Waals surface area (Å²) in [6.07, 6.45) is 9.84. The van der Waals surface area contributed by atoms with E-state index < -0.39 is 0 Å². The number of hydrogen-bond acceptors (Lipinski definition) is 3. The van der Waals surface area contributed by atoms with E-state index in [0.717, 1.165) is 23.5 Å². The van der Waals surface area contributed by atoms with Crippen molar-refractivity contribution < 1.29 is 0 Å². The Bertz CT molecular complexity index is 583. The van der Waals surface area contributed by atoms with Gasteiger partial charge in [-0.05, 0) is 41.6 Å². The molecule has 0 bridgehead atoms. The van der Waals surface area contributed by atoms with Gasteiger partial charge in [0.15, 0.2) is 0 Å². The van der Waals surface area contributed by atoms with Gasteiger partial charge in [-0.15, -0.1) is 0 Å². The molecule has 0 unspecified atom stereocenters. The Hall–Kier alpha value is -2.42. The molecule has 3 nitrogen and oxygen atoms in total. The molecule has 3 heterocycles. The van der Waals surface area contributed by atoms with Crippen molar-refractivity contribution >= 4 is 5.57 Å². The zero-order valence-corrected chi connectivity index (χ0v) is 9.88. The van der Waals surface area contributed by atoms with Crippen molar-refractivity contribution in [3.8, 4) is 11.4 Å². The van der Waals surface area contributed by atoms with Crippen molar-refractivity contribution in [1.29, 1.82) is 0 Å². The molecular weight excluding hydrogens is 222 g/mol. The van der Waals surface area contributed by atoms with Gasteiger partial charge in [-0.1, -0.05) is 18.2 Å². The molecule has 0 radical (unpaired) electrons. The van der Waals surface area contributed by atoms with Crippen molar-refractivity contribution in [2.75, 3.05) is 6.54 Å². The Morgan fingerprint density at radius 1 is 1.00 bits per heavy atom. The van der Waals surface area contributed by atoms with Gasteiger partial charge in [-0.25, -0.2) is 0 Å². The van der Waals surface area contributed by atoms with Gasteiger partial charge in [0, 0.05) is 18.9 Å². The topological polar surface area (TPSA) is 37.8 Å². The molecule has 1 aliphatic rings. The van der Waals surface area contributed by atoms with E-state index in [1.807, 2.05) is 36.7 Å². The Balaban J connectivity index is 1.90. The van der Waals surface area contributed by atoms with Crippen LogP contribution in [0.2, 0.25) is 0 Å². The van der Waals surface area contributed by atoms with Gasteiger partial charge < -0.3 is 5.32 Å². The SMILES string of the molecule is C1=CC(c2ccc(-c3ccccn3)nc2)=CCN1. The van der Waals surface area contributed by atoms with Crippen LogP contribution in [0.15, 0.2) is 61.1 Å². The summed E-state index contributed by atoms with van der Waals surface area (Å²) in [4.78, 5) is 8.76. The van der Waals surface area contributed by atoms with E-state index >= 15 is 0 Å². The quantitative estimate of drug-likeness (QED) is 0.869. The molecular formula is C15H13N3. The fourth-order valence-electron chi connectivity index (χ4n) is 1.90. The van der Waals surface area contributed by atoms with Crippen LogP contribution in [0.1, 0.15) is 5.56 Å². The van der Waals surface area contributed by atoms with Crippen molar-refractivity contribution in [3.63, 3.8) is 0 Å². The first-order chi connectivity index (χ1) is 8.93. The fourth-order valence-corrected chi connectivity index (χ4v) is 1.90. The minimum Gasteiger partial charge on any atom is -0.387 e. The summed E-state index contributed by atoms with van der Waals surface area (Å²) in [7, 11) is 0. The van der Waals surface area contributed by atoms with Crippen LogP contribution in [0.4, 0.5) is 0 Å². The van der Waals surface area contributed by atoms with Crippen molar-refractivity contribution in [3.05, 3.63) is 66.6 Å². The number of rotatable bonds is 2. The van der Waals surface area contributed by atoms with Gasteiger partial charge >= 0.3 is 0 Å². The Morgan fingerprint density at radius 2 is 1.94 bits per heavy atom. The van der Waals surface area contributed by atoms with E-state index in [1.54, 1.807) is 6.20 Å². The van der Waals surface area contributed by atoms with Crippen LogP contribution in [-0.2, 0) is 0 Å². The monoisotopic (exact) mass is 235 g/mol. The molecule has 18 heavy (non-hydrogen) atoms. The van der Waals surface area contributed by atoms with Gasteiger partial charge in [0.1, 0.15) is 0 Å². The molecule has 0 aliphatic carbocycles. The predicted molar refractivity (Wildman–Crippen MR) is 72.6 cm³/mol. The highest BCUT2D eigenvalue weighted by Crippen LogP contribution is 2.19. The highest BCUT2D eigenvalue weighted by atomic mass is 14.8. The van der Waals surface area contributed by atoms with Crippen molar-refractivity contribution in [2.24, 2.45) is 0 Å². The summed E-state index contributed by atoms with van der Waals surface area (Å²) in [5.41, 5.74) is 4.14. The van der Waals surface area contributed by atoms with E-state index in [1.165, 1.54) is 5.57 Å². The second-order valence-electron chi connectivity index (χ2n) is 4.05. The molecule has 88 valence electrons. The summed E-state index contributed by atoms with van der Waals surface area (Å²) in [5, 5.41) is 3.13. The maximum absolute atomic E-state index is 4.47. The molecule has 0 spiro atoms. The molecule has 0 atom stereocenters. The summed E-state index contributed by atoms with van der Waals surface area (Å²) in [6.45, 7) is 0.869. The lowest BCUT2D eigenvalue weighted by molar-refractivity contribution is 0.975. The molecule has 2 aromatic rings. The number of aromatic nitrogens is 2. The number of nitrogens with one attached hydrogen (secondary N) is 1. The van der Waals surface area contributed by atoms with E-state index in [0.29, 0.717) is 0 Å². The van der Waals surface area contributed by atoms with Gasteiger partial charge in [0.25, 0.3) is 0 Å². The van der Waals surface area contributed by atoms with Gasteiger partial charge in [0.05, 0.1) is 11.4 Å². The van der Waals surface area contributed by atoms with Crippen LogP contribution >= 0.6 is 0 Å². The number of pyridine rings is 2. The van der Waals surface area contributed by atoms with Crippen molar-refractivity contribution in [2.45, 2.75) is 0 Å². The first kappa shape index (κ1) is 10.7. The summed E-state index contributed by atoms with van der Waals surface area (Å²) in [6, 6.07) is 9.93. The molecule has 3 heteroatoms. The maximum atomic E-state index is 4.47. The lowest BCUT2D eigenvalue weighted by Gasteiger charge is -2.08. The molecule has 0 saturated heterocycles. The first-order valence-corrected chi connectivity index (χ1v) is 5.91. The van der Waals surface area contributed by atoms with E-state index in [9.17, 15) is 0 Å². The molecule has 0 saturated carbocycles. The van der Waals surface area contributed by atoms with E-state index in [4.69, 9.17) is 0 Å². The zero-order chi connectivity index (χ0) is 12.2. The molecule has 0 fully saturated rings. The maximum Gasteiger partial charge on any atom is 0.0886 e. The van der Waals surface area contributed by atoms with E-state index in [2.05, 4.69) is 33.5 Å². The molecule has 0 aromatic carbocycles. The van der Waals surface area contributed by atoms with E-state index in [-0.39, 0.29) is 0 Å². The predicted octanol–water partition coefficient (Wildman–Crippen LogP) is 2.64. The molecule has 1 aliphatic heterocycles. The van der Waals surface area contributed by atoms with Gasteiger partial charge in [-0.2, -0.15) is 0 Å². The summed E-state index contributed by atoms with van der Waals surface area (Å²) in [5.74, 6) is 0. The van der Waals surface area contributed by atoms with Crippen LogP contribution in [0.25, 0.3) is 17.0 Å². The average Bonchev–Trinajstić information content (AvgIpc) is 2.49. The smallest absolute Gasteiger partial charge is 0.0886 e. The minimum absolute atomic E-state index is 0.869. The summed E-state index contributed by atoms with van der Waals surface area (Å²) < 4.78 is 0. The van der Waals surface area contributed by atoms with Crippen LogP contribution in [0.5, 0.6) is 0 Å².